The van der Waals surface area contributed by atoms with Crippen molar-refractivity contribution in [3.8, 4) is 11.3 Å². The summed E-state index contributed by atoms with van der Waals surface area (Å²) in [4.78, 5) is 29.8. The molecule has 0 unspecified atom stereocenters. The van der Waals surface area contributed by atoms with E-state index in [1.807, 2.05) is 30.5 Å². The zero-order chi connectivity index (χ0) is 18.5. The van der Waals surface area contributed by atoms with E-state index in [2.05, 4.69) is 10.3 Å². The van der Waals surface area contributed by atoms with Gasteiger partial charge in [-0.2, -0.15) is 0 Å². The van der Waals surface area contributed by atoms with Gasteiger partial charge in [-0.1, -0.05) is 35.9 Å². The third-order valence-electron chi connectivity index (χ3n) is 3.71. The Kier molecular flexibility index (Phi) is 5.75. The Labute approximate surface area is 160 Å². The first-order chi connectivity index (χ1) is 12.6. The Morgan fingerprint density at radius 1 is 1.19 bits per heavy atom. The van der Waals surface area contributed by atoms with Crippen LogP contribution < -0.4 is 10.9 Å². The van der Waals surface area contributed by atoms with Gasteiger partial charge in [0.2, 0.25) is 5.91 Å². The highest BCUT2D eigenvalue weighted by Crippen LogP contribution is 2.24. The first kappa shape index (κ1) is 18.2. The fourth-order valence-electron chi connectivity index (χ4n) is 2.42. The lowest BCUT2D eigenvalue weighted by atomic mass is 10.1. The van der Waals surface area contributed by atoms with Gasteiger partial charge in [0.15, 0.2) is 0 Å². The number of hydrogen-bond donors (Lipinski definition) is 1. The minimum atomic E-state index is -0.293. The van der Waals surface area contributed by atoms with Gasteiger partial charge in [-0.05, 0) is 30.5 Å². The number of nitrogens with one attached hydrogen (secondary N) is 1. The summed E-state index contributed by atoms with van der Waals surface area (Å²) in [5, 5.41) is 3.44. The predicted octanol–water partition coefficient (Wildman–Crippen LogP) is 3.92. The van der Waals surface area contributed by atoms with E-state index >= 15 is 0 Å². The zero-order valence-corrected chi connectivity index (χ0v) is 15.6. The molecule has 1 amide bonds. The predicted molar refractivity (Wildman–Crippen MR) is 106 cm³/mol. The molecule has 26 heavy (non-hydrogen) atoms. The molecule has 0 spiro atoms. The molecule has 0 atom stereocenters. The van der Waals surface area contributed by atoms with Crippen LogP contribution in [0.5, 0.6) is 0 Å². The Morgan fingerprint density at radius 3 is 2.62 bits per heavy atom. The molecule has 0 aliphatic carbocycles. The molecule has 0 saturated heterocycles. The highest BCUT2D eigenvalue weighted by molar-refractivity contribution is 7.98. The van der Waals surface area contributed by atoms with Gasteiger partial charge in [-0.25, -0.2) is 4.98 Å². The maximum atomic E-state index is 12.3. The minimum Gasteiger partial charge on any atom is -0.324 e. The minimum absolute atomic E-state index is 0.102. The summed E-state index contributed by atoms with van der Waals surface area (Å²) in [6.45, 7) is -0.102. The van der Waals surface area contributed by atoms with Gasteiger partial charge in [0, 0.05) is 21.5 Å². The van der Waals surface area contributed by atoms with E-state index in [1.54, 1.807) is 36.0 Å². The van der Waals surface area contributed by atoms with Gasteiger partial charge in [0.05, 0.1) is 17.7 Å². The van der Waals surface area contributed by atoms with Gasteiger partial charge in [-0.3, -0.25) is 14.2 Å². The van der Waals surface area contributed by atoms with E-state index in [1.165, 1.54) is 17.0 Å². The molecule has 1 N–H and O–H groups in total. The van der Waals surface area contributed by atoms with E-state index in [4.69, 9.17) is 11.6 Å². The maximum absolute atomic E-state index is 12.3. The van der Waals surface area contributed by atoms with Crippen LogP contribution in [0.4, 0.5) is 5.69 Å². The third-order valence-corrected chi connectivity index (χ3v) is 4.76. The summed E-state index contributed by atoms with van der Waals surface area (Å²) in [6.07, 6.45) is 3.32. The fraction of sp³-hybridized carbons (Fsp3) is 0.105. The third kappa shape index (κ3) is 4.33. The molecule has 2 aromatic carbocycles. The monoisotopic (exact) mass is 385 g/mol. The van der Waals surface area contributed by atoms with Crippen molar-refractivity contribution in [2.24, 2.45) is 0 Å². The first-order valence-corrected chi connectivity index (χ1v) is 9.42. The summed E-state index contributed by atoms with van der Waals surface area (Å²) in [6, 6.07) is 16.0. The molecule has 0 bridgehead atoms. The molecule has 0 saturated carbocycles. The Bertz CT molecular complexity index is 987. The van der Waals surface area contributed by atoms with Gasteiger partial charge in [0.25, 0.3) is 5.56 Å². The lowest BCUT2D eigenvalue weighted by Gasteiger charge is -2.10. The molecule has 0 radical (unpaired) electrons. The molecule has 5 nitrogen and oxygen atoms in total. The molecule has 1 heterocycles. The molecule has 3 rings (SSSR count). The molecule has 0 fully saturated rings. The largest absolute Gasteiger partial charge is 0.324 e. The van der Waals surface area contributed by atoms with Crippen molar-refractivity contribution in [3.05, 3.63) is 76.3 Å². The topological polar surface area (TPSA) is 64.0 Å². The SMILES string of the molecule is CSc1ccccc1NC(=O)Cn1cnc(-c2ccc(Cl)cc2)cc1=O. The van der Waals surface area contributed by atoms with Crippen molar-refractivity contribution in [1.82, 2.24) is 9.55 Å². The van der Waals surface area contributed by atoms with Crippen molar-refractivity contribution in [2.75, 3.05) is 11.6 Å². The summed E-state index contributed by atoms with van der Waals surface area (Å²) in [5.74, 6) is -0.283. The average molecular weight is 386 g/mol. The smallest absolute Gasteiger partial charge is 0.254 e. The first-order valence-electron chi connectivity index (χ1n) is 7.82. The molecular weight excluding hydrogens is 370 g/mol. The number of aromatic nitrogens is 2. The van der Waals surface area contributed by atoms with Crippen LogP contribution in [0.25, 0.3) is 11.3 Å². The number of para-hydroxylation sites is 1. The molecular formula is C19H16ClN3O2S. The number of amides is 1. The Balaban J connectivity index is 1.75. The summed E-state index contributed by atoms with van der Waals surface area (Å²) < 4.78 is 1.27. The maximum Gasteiger partial charge on any atom is 0.254 e. The Hall–Kier alpha value is -2.57. The second-order valence-corrected chi connectivity index (χ2v) is 6.78. The molecule has 132 valence electrons. The molecule has 0 aliphatic heterocycles. The van der Waals surface area contributed by atoms with Crippen molar-refractivity contribution in [3.63, 3.8) is 0 Å². The molecule has 3 aromatic rings. The van der Waals surface area contributed by atoms with Gasteiger partial charge >= 0.3 is 0 Å². The summed E-state index contributed by atoms with van der Waals surface area (Å²) in [7, 11) is 0. The van der Waals surface area contributed by atoms with Crippen LogP contribution >= 0.6 is 23.4 Å². The van der Waals surface area contributed by atoms with E-state index in [-0.39, 0.29) is 18.0 Å². The summed E-state index contributed by atoms with van der Waals surface area (Å²) in [5.41, 5.74) is 1.76. The van der Waals surface area contributed by atoms with Crippen molar-refractivity contribution < 1.29 is 4.79 Å². The number of halogens is 1. The molecule has 0 aliphatic rings. The average Bonchev–Trinajstić information content (AvgIpc) is 2.64. The van der Waals surface area contributed by atoms with Gasteiger partial charge < -0.3 is 5.32 Å². The number of thioether (sulfide) groups is 1. The standard InChI is InChI=1S/C19H16ClN3O2S/c1-26-17-5-3-2-4-15(17)22-18(24)11-23-12-21-16(10-19(23)25)13-6-8-14(20)9-7-13/h2-10,12H,11H2,1H3,(H,22,24). The quantitative estimate of drug-likeness (QED) is 0.676. The number of hydrogen-bond acceptors (Lipinski definition) is 4. The fourth-order valence-corrected chi connectivity index (χ4v) is 3.10. The number of nitrogens with zero attached hydrogens (tertiary/aromatic N) is 2. The van der Waals surface area contributed by atoms with Gasteiger partial charge in [0.1, 0.15) is 6.54 Å². The molecule has 1 aromatic heterocycles. The Morgan fingerprint density at radius 2 is 1.92 bits per heavy atom. The number of rotatable bonds is 5. The van der Waals surface area contributed by atoms with Crippen molar-refractivity contribution >= 4 is 35.0 Å². The van der Waals surface area contributed by atoms with E-state index in [9.17, 15) is 9.59 Å². The number of benzene rings is 2. The van der Waals surface area contributed by atoms with Crippen LogP contribution in [0, 0.1) is 0 Å². The number of carbonyl (C=O) groups is 1. The highest BCUT2D eigenvalue weighted by atomic mass is 35.5. The second-order valence-electron chi connectivity index (χ2n) is 5.50. The second kappa shape index (κ2) is 8.21. The van der Waals surface area contributed by atoms with Crippen molar-refractivity contribution in [1.29, 1.82) is 0 Å². The van der Waals surface area contributed by atoms with Crippen molar-refractivity contribution in [2.45, 2.75) is 11.4 Å². The van der Waals surface area contributed by atoms with Crippen LogP contribution in [-0.4, -0.2) is 21.7 Å². The zero-order valence-electron chi connectivity index (χ0n) is 14.0. The van der Waals surface area contributed by atoms with Crippen LogP contribution in [0.3, 0.4) is 0 Å². The lowest BCUT2D eigenvalue weighted by molar-refractivity contribution is -0.116. The van der Waals surface area contributed by atoms with Gasteiger partial charge in [-0.15, -0.1) is 11.8 Å². The normalized spacial score (nSPS) is 10.5. The van der Waals surface area contributed by atoms with E-state index < -0.39 is 0 Å². The van der Waals surface area contributed by atoms with E-state index in [0.29, 0.717) is 10.7 Å². The van der Waals surface area contributed by atoms with E-state index in [0.717, 1.165) is 16.1 Å². The number of anilines is 1. The highest BCUT2D eigenvalue weighted by Gasteiger charge is 2.09. The lowest BCUT2D eigenvalue weighted by Crippen LogP contribution is -2.27. The van der Waals surface area contributed by atoms with Crippen LogP contribution in [0.1, 0.15) is 0 Å². The van der Waals surface area contributed by atoms with Crippen LogP contribution in [-0.2, 0) is 11.3 Å². The van der Waals surface area contributed by atoms with Crippen LogP contribution in [0.15, 0.2) is 70.6 Å². The molecule has 7 heteroatoms. The summed E-state index contributed by atoms with van der Waals surface area (Å²) >= 11 is 7.41. The van der Waals surface area contributed by atoms with Crippen LogP contribution in [0.2, 0.25) is 5.02 Å². The number of carbonyl (C=O) groups excluding carboxylic acids is 1.